The van der Waals surface area contributed by atoms with Crippen molar-refractivity contribution in [3.05, 3.63) is 28.8 Å². The molecule has 0 spiro atoms. The number of rotatable bonds is 3. The minimum atomic E-state index is -0.261. The third-order valence-corrected chi connectivity index (χ3v) is 3.19. The fourth-order valence-corrected chi connectivity index (χ4v) is 2.40. The summed E-state index contributed by atoms with van der Waals surface area (Å²) in [5.41, 5.74) is 3.01. The topological polar surface area (TPSA) is 35.5 Å². The SMILES string of the molecule is CCOC(=O)c1c(OC)ccc2c1CCCC2. The van der Waals surface area contributed by atoms with Gasteiger partial charge in [-0.25, -0.2) is 4.79 Å². The van der Waals surface area contributed by atoms with E-state index >= 15 is 0 Å². The van der Waals surface area contributed by atoms with Gasteiger partial charge in [-0.15, -0.1) is 0 Å². The lowest BCUT2D eigenvalue weighted by molar-refractivity contribution is 0.0521. The molecule has 1 aliphatic rings. The number of hydrogen-bond acceptors (Lipinski definition) is 3. The van der Waals surface area contributed by atoms with E-state index in [9.17, 15) is 4.79 Å². The number of hydrogen-bond donors (Lipinski definition) is 0. The van der Waals surface area contributed by atoms with Gasteiger partial charge in [-0.05, 0) is 49.8 Å². The van der Waals surface area contributed by atoms with Crippen LogP contribution < -0.4 is 4.74 Å². The first-order chi connectivity index (χ1) is 8.27. The molecule has 0 amide bonds. The van der Waals surface area contributed by atoms with Crippen LogP contribution in [0.2, 0.25) is 0 Å². The summed E-state index contributed by atoms with van der Waals surface area (Å²) in [7, 11) is 1.59. The van der Waals surface area contributed by atoms with Crippen LogP contribution in [0.5, 0.6) is 5.75 Å². The van der Waals surface area contributed by atoms with Gasteiger partial charge >= 0.3 is 5.97 Å². The van der Waals surface area contributed by atoms with Crippen molar-refractivity contribution in [2.45, 2.75) is 32.6 Å². The second-order valence-corrected chi connectivity index (χ2v) is 4.21. The summed E-state index contributed by atoms with van der Waals surface area (Å²) >= 11 is 0. The van der Waals surface area contributed by atoms with E-state index < -0.39 is 0 Å². The zero-order valence-corrected chi connectivity index (χ0v) is 10.4. The van der Waals surface area contributed by atoms with E-state index in [1.165, 1.54) is 12.0 Å². The Labute approximate surface area is 102 Å². The van der Waals surface area contributed by atoms with Gasteiger partial charge in [0.05, 0.1) is 13.7 Å². The molecular weight excluding hydrogens is 216 g/mol. The standard InChI is InChI=1S/C14H18O3/c1-3-17-14(15)13-11-7-5-4-6-10(11)8-9-12(13)16-2/h8-9H,3-7H2,1-2H3. The van der Waals surface area contributed by atoms with Gasteiger partial charge in [-0.1, -0.05) is 6.07 Å². The van der Waals surface area contributed by atoms with Crippen molar-refractivity contribution in [2.24, 2.45) is 0 Å². The summed E-state index contributed by atoms with van der Waals surface area (Å²) in [6.07, 6.45) is 4.32. The van der Waals surface area contributed by atoms with Gasteiger partial charge < -0.3 is 9.47 Å². The summed E-state index contributed by atoms with van der Waals surface area (Å²) in [6.45, 7) is 2.21. The highest BCUT2D eigenvalue weighted by molar-refractivity contribution is 5.94. The molecule has 1 aliphatic carbocycles. The quantitative estimate of drug-likeness (QED) is 0.754. The maximum absolute atomic E-state index is 12.0. The Morgan fingerprint density at radius 3 is 2.76 bits per heavy atom. The van der Waals surface area contributed by atoms with Crippen LogP contribution in [-0.2, 0) is 17.6 Å². The average molecular weight is 234 g/mol. The molecule has 0 radical (unpaired) electrons. The van der Waals surface area contributed by atoms with Crippen LogP contribution in [0.25, 0.3) is 0 Å². The third-order valence-electron chi connectivity index (χ3n) is 3.19. The number of ether oxygens (including phenoxy) is 2. The van der Waals surface area contributed by atoms with E-state index in [1.54, 1.807) is 7.11 Å². The van der Waals surface area contributed by atoms with Crippen LogP contribution in [0.3, 0.4) is 0 Å². The van der Waals surface area contributed by atoms with Crippen molar-refractivity contribution in [3.8, 4) is 5.75 Å². The first-order valence-corrected chi connectivity index (χ1v) is 6.13. The summed E-state index contributed by atoms with van der Waals surface area (Å²) in [4.78, 5) is 12.0. The lowest BCUT2D eigenvalue weighted by Crippen LogP contribution is -2.14. The Hall–Kier alpha value is -1.51. The first-order valence-electron chi connectivity index (χ1n) is 6.13. The van der Waals surface area contributed by atoms with Crippen LogP contribution in [0, 0.1) is 0 Å². The molecule has 0 aliphatic heterocycles. The Bertz CT molecular complexity index is 424. The molecule has 1 aromatic rings. The lowest BCUT2D eigenvalue weighted by Gasteiger charge is -2.20. The van der Waals surface area contributed by atoms with Crippen molar-refractivity contribution in [2.75, 3.05) is 13.7 Å². The third kappa shape index (κ3) is 2.28. The van der Waals surface area contributed by atoms with Crippen molar-refractivity contribution in [3.63, 3.8) is 0 Å². The number of benzene rings is 1. The van der Waals surface area contributed by atoms with Gasteiger partial charge in [-0.3, -0.25) is 0 Å². The molecule has 3 nitrogen and oxygen atoms in total. The van der Waals surface area contributed by atoms with Crippen molar-refractivity contribution in [1.82, 2.24) is 0 Å². The summed E-state index contributed by atoms with van der Waals surface area (Å²) < 4.78 is 10.4. The largest absolute Gasteiger partial charge is 0.496 e. The molecule has 0 atom stereocenters. The van der Waals surface area contributed by atoms with Gasteiger partial charge in [0.25, 0.3) is 0 Å². The molecule has 92 valence electrons. The lowest BCUT2D eigenvalue weighted by atomic mass is 9.88. The van der Waals surface area contributed by atoms with Crippen molar-refractivity contribution < 1.29 is 14.3 Å². The number of methoxy groups -OCH3 is 1. The summed E-state index contributed by atoms with van der Waals surface area (Å²) in [5.74, 6) is 0.368. The minimum Gasteiger partial charge on any atom is -0.496 e. The zero-order chi connectivity index (χ0) is 12.3. The Balaban J connectivity index is 2.48. The molecule has 1 aromatic carbocycles. The van der Waals surface area contributed by atoms with E-state index in [0.29, 0.717) is 17.9 Å². The van der Waals surface area contributed by atoms with Crippen LogP contribution in [0.4, 0.5) is 0 Å². The number of esters is 1. The van der Waals surface area contributed by atoms with E-state index in [0.717, 1.165) is 24.8 Å². The maximum Gasteiger partial charge on any atom is 0.342 e. The highest BCUT2D eigenvalue weighted by Crippen LogP contribution is 2.31. The molecule has 17 heavy (non-hydrogen) atoms. The molecular formula is C14H18O3. The van der Waals surface area contributed by atoms with Crippen molar-refractivity contribution in [1.29, 1.82) is 0 Å². The van der Waals surface area contributed by atoms with Gasteiger partial charge in [-0.2, -0.15) is 0 Å². The highest BCUT2D eigenvalue weighted by Gasteiger charge is 2.22. The van der Waals surface area contributed by atoms with Gasteiger partial charge in [0, 0.05) is 0 Å². The van der Waals surface area contributed by atoms with E-state index in [-0.39, 0.29) is 5.97 Å². The normalized spacial score (nSPS) is 14.0. The Kier molecular flexibility index (Phi) is 3.67. The van der Waals surface area contributed by atoms with Gasteiger partial charge in [0.15, 0.2) is 0 Å². The number of carbonyl (C=O) groups is 1. The monoisotopic (exact) mass is 234 g/mol. The number of aryl methyl sites for hydroxylation is 1. The molecule has 0 aromatic heterocycles. The molecule has 2 rings (SSSR count). The number of carbonyl (C=O) groups excluding carboxylic acids is 1. The molecule has 0 N–H and O–H groups in total. The molecule has 0 saturated heterocycles. The van der Waals surface area contributed by atoms with E-state index in [4.69, 9.17) is 9.47 Å². The molecule has 0 fully saturated rings. The first kappa shape index (κ1) is 12.0. The van der Waals surface area contributed by atoms with Crippen LogP contribution in [0.15, 0.2) is 12.1 Å². The fourth-order valence-electron chi connectivity index (χ4n) is 2.40. The summed E-state index contributed by atoms with van der Waals surface area (Å²) in [6, 6.07) is 3.94. The van der Waals surface area contributed by atoms with Crippen LogP contribution >= 0.6 is 0 Å². The van der Waals surface area contributed by atoms with Crippen molar-refractivity contribution >= 4 is 5.97 Å². The highest BCUT2D eigenvalue weighted by atomic mass is 16.5. The minimum absolute atomic E-state index is 0.261. The van der Waals surface area contributed by atoms with Gasteiger partial charge in [0.2, 0.25) is 0 Å². The maximum atomic E-state index is 12.0. The second-order valence-electron chi connectivity index (χ2n) is 4.21. The molecule has 0 saturated carbocycles. The fraction of sp³-hybridized carbons (Fsp3) is 0.500. The smallest absolute Gasteiger partial charge is 0.342 e. The number of fused-ring (bicyclic) bond motifs is 1. The Morgan fingerprint density at radius 2 is 2.06 bits per heavy atom. The van der Waals surface area contributed by atoms with E-state index in [1.807, 2.05) is 13.0 Å². The molecule has 3 heteroatoms. The van der Waals surface area contributed by atoms with E-state index in [2.05, 4.69) is 6.07 Å². The second kappa shape index (κ2) is 5.21. The zero-order valence-electron chi connectivity index (χ0n) is 10.4. The van der Waals surface area contributed by atoms with Crippen LogP contribution in [-0.4, -0.2) is 19.7 Å². The molecule has 0 heterocycles. The molecule has 0 unspecified atom stereocenters. The van der Waals surface area contributed by atoms with Gasteiger partial charge in [0.1, 0.15) is 11.3 Å². The molecule has 0 bridgehead atoms. The summed E-state index contributed by atoms with van der Waals surface area (Å²) in [5, 5.41) is 0. The van der Waals surface area contributed by atoms with Crippen LogP contribution in [0.1, 0.15) is 41.3 Å². The average Bonchev–Trinajstić information content (AvgIpc) is 2.37. The predicted octanol–water partition coefficient (Wildman–Crippen LogP) is 2.75. The predicted molar refractivity (Wildman–Crippen MR) is 65.6 cm³/mol. The Morgan fingerprint density at radius 1 is 1.29 bits per heavy atom.